The zero-order chi connectivity index (χ0) is 16.6. The van der Waals surface area contributed by atoms with Crippen LogP contribution in [0.2, 0.25) is 0 Å². The number of aliphatic imine (C=N–C) groups is 1. The highest BCUT2D eigenvalue weighted by Gasteiger charge is 2.53. The number of methoxy groups -OCH3 is 1. The summed E-state index contributed by atoms with van der Waals surface area (Å²) < 4.78 is 20.2. The molecule has 0 aromatic heterocycles. The Hall–Kier alpha value is -1.67. The molecule has 0 saturated heterocycles. The van der Waals surface area contributed by atoms with Gasteiger partial charge in [-0.25, -0.2) is 9.23 Å². The zero-order valence-corrected chi connectivity index (χ0v) is 13.8. The monoisotopic (exact) mass is 340 g/mol. The molecule has 1 fully saturated rings. The summed E-state index contributed by atoms with van der Waals surface area (Å²) in [5.74, 6) is 0.323. The molecule has 0 radical (unpaired) electrons. The first-order chi connectivity index (χ1) is 11.0. The molecule has 0 spiro atoms. The van der Waals surface area contributed by atoms with E-state index in [1.54, 1.807) is 7.11 Å². The van der Waals surface area contributed by atoms with Crippen molar-refractivity contribution in [2.24, 2.45) is 16.6 Å². The molecule has 124 valence electrons. The quantitative estimate of drug-likeness (QED) is 0.852. The molecule has 2 aliphatic rings. The predicted molar refractivity (Wildman–Crippen MR) is 86.0 cm³/mol. The van der Waals surface area contributed by atoms with E-state index in [4.69, 9.17) is 10.5 Å². The molecule has 1 aromatic carbocycles. The van der Waals surface area contributed by atoms with Gasteiger partial charge in [-0.3, -0.25) is 4.99 Å². The lowest BCUT2D eigenvalue weighted by Crippen LogP contribution is -2.41. The normalized spacial score (nSPS) is 29.8. The van der Waals surface area contributed by atoms with E-state index in [0.29, 0.717) is 27.8 Å². The van der Waals surface area contributed by atoms with Crippen molar-refractivity contribution in [3.05, 3.63) is 34.5 Å². The van der Waals surface area contributed by atoms with Crippen LogP contribution in [-0.4, -0.2) is 36.2 Å². The van der Waals surface area contributed by atoms with Crippen LogP contribution in [0.3, 0.4) is 0 Å². The summed E-state index contributed by atoms with van der Waals surface area (Å²) >= 11 is 1.46. The third-order valence-corrected chi connectivity index (χ3v) is 5.60. The van der Waals surface area contributed by atoms with Gasteiger partial charge in [0.2, 0.25) is 0 Å². The summed E-state index contributed by atoms with van der Waals surface area (Å²) in [5.41, 5.74) is 5.74. The minimum atomic E-state index is -0.787. The maximum absolute atomic E-state index is 14.6. The second-order valence-corrected chi connectivity index (χ2v) is 6.75. The van der Waals surface area contributed by atoms with Crippen molar-refractivity contribution in [2.75, 3.05) is 20.0 Å². The highest BCUT2D eigenvalue weighted by molar-refractivity contribution is 8.13. The van der Waals surface area contributed by atoms with E-state index in [1.165, 1.54) is 37.1 Å². The van der Waals surface area contributed by atoms with Crippen LogP contribution in [0.5, 0.6) is 0 Å². The molecule has 1 aliphatic heterocycles. The van der Waals surface area contributed by atoms with Crippen LogP contribution in [-0.2, 0) is 15.1 Å². The highest BCUT2D eigenvalue weighted by Crippen LogP contribution is 2.52. The largest absolute Gasteiger partial charge is 0.381 e. The minimum Gasteiger partial charge on any atom is -0.381 e. The molecule has 1 unspecified atom stereocenters. The molecule has 0 bridgehead atoms. The molecule has 2 N–H and O–H groups in total. The maximum Gasteiger partial charge on any atom is 0.317 e. The molecule has 1 heterocycles. The molecule has 3 atom stereocenters. The van der Waals surface area contributed by atoms with Gasteiger partial charge < -0.3 is 10.5 Å². The lowest BCUT2D eigenvalue weighted by atomic mass is 9.80. The van der Waals surface area contributed by atoms with Gasteiger partial charge in [-0.05, 0) is 18.9 Å². The van der Waals surface area contributed by atoms with E-state index in [9.17, 15) is 9.30 Å². The van der Waals surface area contributed by atoms with Crippen LogP contribution in [0.1, 0.15) is 18.4 Å². The number of benzene rings is 1. The van der Waals surface area contributed by atoms with Crippen LogP contribution >= 0.6 is 11.8 Å². The first-order valence-electron chi connectivity index (χ1n) is 7.34. The van der Waals surface area contributed by atoms with Crippen molar-refractivity contribution < 1.29 is 18.9 Å². The zero-order valence-electron chi connectivity index (χ0n) is 13.0. The number of ether oxygens (including phenoxy) is 1. The Bertz CT molecular complexity index is 669. The molecular formula is C15H19FN3O3S+. The topological polar surface area (TPSA) is 76.9 Å². The third kappa shape index (κ3) is 2.59. The SMILES string of the molecule is COC1CC[C@]2(c3cc([N+](=O)OC)ccc3F)N=C(N)SC[C@H]12. The van der Waals surface area contributed by atoms with Gasteiger partial charge in [-0.2, -0.15) is 0 Å². The first kappa shape index (κ1) is 16.2. The van der Waals surface area contributed by atoms with Crippen molar-refractivity contribution >= 4 is 22.6 Å². The Balaban J connectivity index is 2.14. The summed E-state index contributed by atoms with van der Waals surface area (Å²) in [4.78, 5) is 21.3. The average Bonchev–Trinajstić information content (AvgIpc) is 2.93. The fourth-order valence-corrected chi connectivity index (χ4v) is 4.65. The average molecular weight is 340 g/mol. The number of nitrogens with two attached hydrogens (primary N) is 1. The summed E-state index contributed by atoms with van der Waals surface area (Å²) in [7, 11) is 2.92. The molecule has 8 heteroatoms. The number of rotatable bonds is 4. The summed E-state index contributed by atoms with van der Waals surface area (Å²) in [6.07, 6.45) is 1.39. The van der Waals surface area contributed by atoms with E-state index in [0.717, 1.165) is 6.42 Å². The maximum atomic E-state index is 14.6. The number of hydrogen-bond donors (Lipinski definition) is 1. The van der Waals surface area contributed by atoms with E-state index in [-0.39, 0.29) is 17.7 Å². The van der Waals surface area contributed by atoms with Crippen LogP contribution in [0, 0.1) is 16.6 Å². The number of amidine groups is 1. The fraction of sp³-hybridized carbons (Fsp3) is 0.533. The van der Waals surface area contributed by atoms with Crippen LogP contribution in [0.4, 0.5) is 10.1 Å². The summed E-state index contributed by atoms with van der Waals surface area (Å²) in [5, 5.41) is 0.438. The van der Waals surface area contributed by atoms with E-state index in [2.05, 4.69) is 9.83 Å². The fourth-order valence-electron chi connectivity index (χ4n) is 3.59. The van der Waals surface area contributed by atoms with Crippen LogP contribution < -0.4 is 5.73 Å². The van der Waals surface area contributed by atoms with Gasteiger partial charge in [0.25, 0.3) is 4.92 Å². The number of halogens is 1. The summed E-state index contributed by atoms with van der Waals surface area (Å²) in [6.45, 7) is 0. The lowest BCUT2D eigenvalue weighted by molar-refractivity contribution is -0.736. The molecule has 23 heavy (non-hydrogen) atoms. The summed E-state index contributed by atoms with van der Waals surface area (Å²) in [6, 6.07) is 4.16. The van der Waals surface area contributed by atoms with E-state index < -0.39 is 11.4 Å². The number of thioether (sulfide) groups is 1. The standard InChI is InChI=1S/C15H19FN3O3S/c1-21-13-5-6-15(11(13)8-23-14(17)18-15)10-7-9(19(20)22-2)3-4-12(10)16/h3-4,7,11,13H,5-6,8H2,1-2H3,(H2,17,18)/q+1/t11-,13?,15-/m1/s1. The second kappa shape index (κ2) is 6.09. The molecule has 0 amide bonds. The smallest absolute Gasteiger partial charge is 0.317 e. The molecule has 1 saturated carbocycles. The van der Waals surface area contributed by atoms with Gasteiger partial charge in [-0.1, -0.05) is 11.8 Å². The van der Waals surface area contributed by atoms with Crippen molar-refractivity contribution in [1.29, 1.82) is 0 Å². The van der Waals surface area contributed by atoms with Gasteiger partial charge in [0.1, 0.15) is 5.82 Å². The van der Waals surface area contributed by atoms with Crippen LogP contribution in [0.15, 0.2) is 23.2 Å². The molecule has 6 nitrogen and oxygen atoms in total. The van der Waals surface area contributed by atoms with Gasteiger partial charge in [0.05, 0.1) is 16.5 Å². The number of fused-ring (bicyclic) bond motifs is 1. The Morgan fingerprint density at radius 1 is 1.48 bits per heavy atom. The Morgan fingerprint density at radius 3 is 2.96 bits per heavy atom. The molecule has 1 aliphatic carbocycles. The molecule has 3 rings (SSSR count). The van der Waals surface area contributed by atoms with E-state index >= 15 is 0 Å². The van der Waals surface area contributed by atoms with Crippen molar-refractivity contribution in [3.8, 4) is 0 Å². The molecular weight excluding hydrogens is 321 g/mol. The number of hydrogen-bond acceptors (Lipinski definition) is 6. The lowest BCUT2D eigenvalue weighted by Gasteiger charge is -2.37. The molecule has 1 aromatic rings. The Morgan fingerprint density at radius 2 is 2.26 bits per heavy atom. The Kier molecular flexibility index (Phi) is 4.29. The second-order valence-electron chi connectivity index (χ2n) is 5.71. The van der Waals surface area contributed by atoms with Crippen LogP contribution in [0.25, 0.3) is 0 Å². The minimum absolute atomic E-state index is 0.00631. The van der Waals surface area contributed by atoms with Crippen molar-refractivity contribution in [3.63, 3.8) is 0 Å². The first-order valence-corrected chi connectivity index (χ1v) is 8.32. The number of nitrogens with zero attached hydrogens (tertiary/aromatic N) is 2. The van der Waals surface area contributed by atoms with Crippen molar-refractivity contribution in [1.82, 2.24) is 0 Å². The van der Waals surface area contributed by atoms with Gasteiger partial charge in [0.15, 0.2) is 12.3 Å². The highest BCUT2D eigenvalue weighted by atomic mass is 32.2. The van der Waals surface area contributed by atoms with Crippen molar-refractivity contribution in [2.45, 2.75) is 24.5 Å². The third-order valence-electron chi connectivity index (χ3n) is 4.69. The van der Waals surface area contributed by atoms with Gasteiger partial charge in [0, 0.05) is 36.5 Å². The Labute approximate surface area is 137 Å². The van der Waals surface area contributed by atoms with Gasteiger partial charge >= 0.3 is 5.69 Å². The van der Waals surface area contributed by atoms with Gasteiger partial charge in [-0.15, -0.1) is 0 Å². The predicted octanol–water partition coefficient (Wildman–Crippen LogP) is 2.48. The van der Waals surface area contributed by atoms with E-state index in [1.807, 2.05) is 0 Å².